The molecule has 2 N–H and O–H groups in total. The molecule has 0 aromatic rings. The Morgan fingerprint density at radius 1 is 1.15 bits per heavy atom. The first-order chi connectivity index (χ1) is 5.99. The van der Waals surface area contributed by atoms with E-state index in [4.69, 9.17) is 0 Å². The zero-order valence-electron chi connectivity index (χ0n) is 8.90. The van der Waals surface area contributed by atoms with Crippen molar-refractivity contribution < 1.29 is 10.2 Å². The summed E-state index contributed by atoms with van der Waals surface area (Å²) in [6, 6.07) is 0. The molecule has 2 heteroatoms. The van der Waals surface area contributed by atoms with Gasteiger partial charge in [-0.1, -0.05) is 26.3 Å². The van der Waals surface area contributed by atoms with Gasteiger partial charge in [-0.3, -0.25) is 0 Å². The Morgan fingerprint density at radius 3 is 2.00 bits per heavy atom. The Bertz CT molecular complexity index is 141. The van der Waals surface area contributed by atoms with E-state index in [1.165, 1.54) is 6.08 Å². The molecule has 0 heterocycles. The van der Waals surface area contributed by atoms with Gasteiger partial charge in [-0.05, 0) is 19.3 Å². The molecule has 0 saturated heterocycles. The summed E-state index contributed by atoms with van der Waals surface area (Å²) in [6.07, 6.45) is 2.33. The van der Waals surface area contributed by atoms with Crippen LogP contribution in [0.3, 0.4) is 0 Å². The van der Waals surface area contributed by atoms with Crippen LogP contribution in [0.2, 0.25) is 0 Å². The van der Waals surface area contributed by atoms with Crippen LogP contribution in [0.15, 0.2) is 12.7 Å². The number of hydrogen-bond donors (Lipinski definition) is 2. The van der Waals surface area contributed by atoms with Crippen LogP contribution < -0.4 is 0 Å². The highest BCUT2D eigenvalue weighted by atomic mass is 16.3. The maximum Gasteiger partial charge on any atom is 0.0771 e. The zero-order chi connectivity index (χ0) is 10.4. The lowest BCUT2D eigenvalue weighted by atomic mass is 9.89. The Hall–Kier alpha value is -0.340. The predicted molar refractivity (Wildman–Crippen MR) is 55.4 cm³/mol. The molecule has 78 valence electrons. The van der Waals surface area contributed by atoms with Gasteiger partial charge in [0.05, 0.1) is 12.2 Å². The fraction of sp³-hybridized carbons (Fsp3) is 0.818. The molecule has 0 aliphatic carbocycles. The van der Waals surface area contributed by atoms with E-state index < -0.39 is 12.2 Å². The third kappa shape index (κ3) is 5.06. The van der Waals surface area contributed by atoms with E-state index >= 15 is 0 Å². The van der Waals surface area contributed by atoms with E-state index in [1.54, 1.807) is 6.92 Å². The molecule has 0 rings (SSSR count). The Balaban J connectivity index is 4.02. The normalized spacial score (nSPS) is 18.3. The van der Waals surface area contributed by atoms with Gasteiger partial charge in [-0.2, -0.15) is 0 Å². The van der Waals surface area contributed by atoms with Gasteiger partial charge in [-0.25, -0.2) is 0 Å². The minimum Gasteiger partial charge on any atom is -0.393 e. The summed E-state index contributed by atoms with van der Waals surface area (Å²) >= 11 is 0. The van der Waals surface area contributed by atoms with Crippen LogP contribution in [-0.4, -0.2) is 22.4 Å². The van der Waals surface area contributed by atoms with Crippen LogP contribution in [0.4, 0.5) is 0 Å². The molecule has 0 radical (unpaired) electrons. The van der Waals surface area contributed by atoms with E-state index in [0.29, 0.717) is 5.92 Å². The minimum absolute atomic E-state index is 0.0695. The fourth-order valence-electron chi connectivity index (χ4n) is 1.40. The second-order valence-electron chi connectivity index (χ2n) is 4.10. The number of hydrogen-bond acceptors (Lipinski definition) is 2. The van der Waals surface area contributed by atoms with Gasteiger partial charge in [0, 0.05) is 5.92 Å². The van der Waals surface area contributed by atoms with E-state index in [1.807, 2.05) is 0 Å². The molecule has 0 aliphatic heterocycles. The Labute approximate surface area is 81.3 Å². The average molecular weight is 186 g/mol. The van der Waals surface area contributed by atoms with Crippen molar-refractivity contribution in [2.45, 2.75) is 45.8 Å². The zero-order valence-corrected chi connectivity index (χ0v) is 8.90. The second kappa shape index (κ2) is 6.17. The Kier molecular flexibility index (Phi) is 6.00. The lowest BCUT2D eigenvalue weighted by Gasteiger charge is -2.23. The molecular weight excluding hydrogens is 164 g/mol. The monoisotopic (exact) mass is 186 g/mol. The van der Waals surface area contributed by atoms with Crippen molar-refractivity contribution in [3.05, 3.63) is 12.7 Å². The van der Waals surface area contributed by atoms with Crippen molar-refractivity contribution in [1.29, 1.82) is 0 Å². The molecule has 0 aromatic carbocycles. The van der Waals surface area contributed by atoms with Gasteiger partial charge in [0.1, 0.15) is 0 Å². The lowest BCUT2D eigenvalue weighted by molar-refractivity contribution is 0.0387. The molecule has 0 aliphatic rings. The summed E-state index contributed by atoms with van der Waals surface area (Å²) in [5, 5.41) is 18.9. The fourth-order valence-corrected chi connectivity index (χ4v) is 1.40. The maximum absolute atomic E-state index is 9.52. The van der Waals surface area contributed by atoms with Crippen molar-refractivity contribution in [1.82, 2.24) is 0 Å². The summed E-state index contributed by atoms with van der Waals surface area (Å²) in [5.41, 5.74) is 0. The van der Waals surface area contributed by atoms with Gasteiger partial charge in [-0.15, -0.1) is 6.58 Å². The van der Waals surface area contributed by atoms with Crippen molar-refractivity contribution >= 4 is 0 Å². The summed E-state index contributed by atoms with van der Waals surface area (Å²) < 4.78 is 0. The highest BCUT2D eigenvalue weighted by Gasteiger charge is 2.21. The molecule has 0 unspecified atom stereocenters. The molecule has 3 atom stereocenters. The van der Waals surface area contributed by atoms with Gasteiger partial charge >= 0.3 is 0 Å². The minimum atomic E-state index is -0.584. The van der Waals surface area contributed by atoms with Gasteiger partial charge in [0.2, 0.25) is 0 Å². The third-order valence-corrected chi connectivity index (χ3v) is 2.38. The molecule has 2 nitrogen and oxygen atoms in total. The molecule has 0 fully saturated rings. The van der Waals surface area contributed by atoms with Gasteiger partial charge < -0.3 is 10.2 Å². The van der Waals surface area contributed by atoms with Crippen molar-refractivity contribution in [2.75, 3.05) is 0 Å². The smallest absolute Gasteiger partial charge is 0.0771 e. The molecule has 0 bridgehead atoms. The van der Waals surface area contributed by atoms with Crippen LogP contribution in [0.5, 0.6) is 0 Å². The summed E-state index contributed by atoms with van der Waals surface area (Å²) in [4.78, 5) is 0. The standard InChI is InChI=1S/C11H22O2/c1-5-11(13)10(9(4)12)7-6-8(2)3/h5,8-13H,1,6-7H2,2-4H3/t9-,10-,11-/m0/s1. The van der Waals surface area contributed by atoms with Crippen LogP contribution in [-0.2, 0) is 0 Å². The van der Waals surface area contributed by atoms with Gasteiger partial charge in [0.15, 0.2) is 0 Å². The molecule has 0 aromatic heterocycles. The summed E-state index contributed by atoms with van der Waals surface area (Å²) in [7, 11) is 0. The van der Waals surface area contributed by atoms with Gasteiger partial charge in [0.25, 0.3) is 0 Å². The highest BCUT2D eigenvalue weighted by molar-refractivity contribution is 4.86. The van der Waals surface area contributed by atoms with Crippen LogP contribution >= 0.6 is 0 Å². The SMILES string of the molecule is C=C[C@H](O)[C@@H](CCC(C)C)[C@H](C)O. The molecule has 0 spiro atoms. The first-order valence-electron chi connectivity index (χ1n) is 4.97. The van der Waals surface area contributed by atoms with Crippen LogP contribution in [0.1, 0.15) is 33.6 Å². The van der Waals surface area contributed by atoms with Crippen LogP contribution in [0, 0.1) is 11.8 Å². The number of rotatable bonds is 6. The topological polar surface area (TPSA) is 40.5 Å². The van der Waals surface area contributed by atoms with Crippen molar-refractivity contribution in [2.24, 2.45) is 11.8 Å². The molecule has 0 saturated carbocycles. The third-order valence-electron chi connectivity index (χ3n) is 2.38. The van der Waals surface area contributed by atoms with Crippen molar-refractivity contribution in [3.63, 3.8) is 0 Å². The van der Waals surface area contributed by atoms with E-state index in [2.05, 4.69) is 20.4 Å². The maximum atomic E-state index is 9.52. The largest absolute Gasteiger partial charge is 0.393 e. The first kappa shape index (κ1) is 12.7. The van der Waals surface area contributed by atoms with E-state index in [0.717, 1.165) is 12.8 Å². The van der Waals surface area contributed by atoms with E-state index in [9.17, 15) is 10.2 Å². The molecule has 0 amide bonds. The number of aliphatic hydroxyl groups excluding tert-OH is 2. The quantitative estimate of drug-likeness (QED) is 0.623. The Morgan fingerprint density at radius 2 is 1.69 bits per heavy atom. The average Bonchev–Trinajstić information content (AvgIpc) is 2.03. The molecular formula is C11H22O2. The van der Waals surface area contributed by atoms with Crippen LogP contribution in [0.25, 0.3) is 0 Å². The lowest BCUT2D eigenvalue weighted by Crippen LogP contribution is -2.28. The highest BCUT2D eigenvalue weighted by Crippen LogP contribution is 2.19. The predicted octanol–water partition coefficient (Wildman–Crippen LogP) is 1.97. The molecule has 13 heavy (non-hydrogen) atoms. The number of aliphatic hydroxyl groups is 2. The summed E-state index contributed by atoms with van der Waals surface area (Å²) in [5.74, 6) is 0.540. The second-order valence-corrected chi connectivity index (χ2v) is 4.10. The van der Waals surface area contributed by atoms with E-state index in [-0.39, 0.29) is 5.92 Å². The summed E-state index contributed by atoms with van der Waals surface area (Å²) in [6.45, 7) is 9.53. The first-order valence-corrected chi connectivity index (χ1v) is 4.97. The van der Waals surface area contributed by atoms with Crippen molar-refractivity contribution in [3.8, 4) is 0 Å².